The van der Waals surface area contributed by atoms with Crippen molar-refractivity contribution in [1.82, 2.24) is 0 Å². The topological polar surface area (TPSA) is 67.4 Å². The summed E-state index contributed by atoms with van der Waals surface area (Å²) in [5.41, 5.74) is 2.70. The maximum absolute atomic E-state index is 12.6. The van der Waals surface area contributed by atoms with Gasteiger partial charge in [0.05, 0.1) is 19.6 Å². The highest BCUT2D eigenvalue weighted by molar-refractivity contribution is 5.94. The SMILES string of the molecule is CC[N+](CC)(CC)CC(=O)Nc1c(C)cc(NC(=O)OC(C)(C)C)cc1C. The lowest BCUT2D eigenvalue weighted by atomic mass is 10.1. The van der Waals surface area contributed by atoms with Gasteiger partial charge in [-0.15, -0.1) is 0 Å². The van der Waals surface area contributed by atoms with Crippen molar-refractivity contribution in [3.63, 3.8) is 0 Å². The number of hydrogen-bond donors (Lipinski definition) is 2. The molecule has 6 nitrogen and oxygen atoms in total. The number of ether oxygens (including phenoxy) is 1. The third-order valence-corrected chi connectivity index (χ3v) is 4.93. The summed E-state index contributed by atoms with van der Waals surface area (Å²) in [7, 11) is 0. The highest BCUT2D eigenvalue weighted by Crippen LogP contribution is 2.25. The lowest BCUT2D eigenvalue weighted by Gasteiger charge is -2.35. The van der Waals surface area contributed by atoms with Crippen molar-refractivity contribution in [2.45, 2.75) is 61.0 Å². The first kappa shape index (κ1) is 23.0. The van der Waals surface area contributed by atoms with E-state index in [1.54, 1.807) is 0 Å². The van der Waals surface area contributed by atoms with E-state index in [4.69, 9.17) is 4.74 Å². The van der Waals surface area contributed by atoms with Gasteiger partial charge in [-0.1, -0.05) is 0 Å². The molecule has 0 fully saturated rings. The number of anilines is 2. The number of carbonyl (C=O) groups excluding carboxylic acids is 2. The predicted molar refractivity (Wildman–Crippen MR) is 111 cm³/mol. The van der Waals surface area contributed by atoms with Crippen LogP contribution in [0.2, 0.25) is 0 Å². The summed E-state index contributed by atoms with van der Waals surface area (Å²) in [6.45, 7) is 18.9. The first-order chi connectivity index (χ1) is 12.4. The Morgan fingerprint density at radius 1 is 0.963 bits per heavy atom. The summed E-state index contributed by atoms with van der Waals surface area (Å²) >= 11 is 0. The molecule has 2 amide bonds. The Hall–Kier alpha value is -2.08. The van der Waals surface area contributed by atoms with E-state index in [0.717, 1.165) is 40.9 Å². The second-order valence-corrected chi connectivity index (χ2v) is 8.11. The first-order valence-electron chi connectivity index (χ1n) is 9.71. The van der Waals surface area contributed by atoms with E-state index in [9.17, 15) is 9.59 Å². The molecule has 0 aromatic heterocycles. The summed E-state index contributed by atoms with van der Waals surface area (Å²) in [5, 5.41) is 5.81. The van der Waals surface area contributed by atoms with Crippen molar-refractivity contribution >= 4 is 23.4 Å². The zero-order chi connectivity index (χ0) is 20.8. The fourth-order valence-electron chi connectivity index (χ4n) is 3.14. The second kappa shape index (κ2) is 9.22. The quantitative estimate of drug-likeness (QED) is 0.688. The standard InChI is InChI=1S/C21H35N3O3/c1-9-24(10-2,11-3)14-18(25)23-19-15(4)12-17(13-16(19)5)22-20(26)27-21(6,7)8/h12-13H,9-11,14H2,1-8H3,(H-,22,23,25,26)/p+1. The number of hydrogen-bond acceptors (Lipinski definition) is 3. The Kier molecular flexibility index (Phi) is 7.84. The molecule has 1 aromatic carbocycles. The summed E-state index contributed by atoms with van der Waals surface area (Å²) in [4.78, 5) is 24.6. The van der Waals surface area contributed by atoms with Crippen LogP contribution in [0.5, 0.6) is 0 Å². The van der Waals surface area contributed by atoms with Gasteiger partial charge < -0.3 is 14.5 Å². The van der Waals surface area contributed by atoms with Gasteiger partial charge in [-0.3, -0.25) is 10.1 Å². The van der Waals surface area contributed by atoms with Gasteiger partial charge in [-0.2, -0.15) is 0 Å². The number of aryl methyl sites for hydroxylation is 2. The van der Waals surface area contributed by atoms with Crippen molar-refractivity contribution in [1.29, 1.82) is 0 Å². The number of benzene rings is 1. The molecular formula is C21H36N3O3+. The summed E-state index contributed by atoms with van der Waals surface area (Å²) in [6, 6.07) is 3.68. The summed E-state index contributed by atoms with van der Waals surface area (Å²) in [6.07, 6.45) is -0.492. The van der Waals surface area contributed by atoms with Gasteiger partial charge >= 0.3 is 6.09 Å². The predicted octanol–water partition coefficient (Wildman–Crippen LogP) is 4.47. The smallest absolute Gasteiger partial charge is 0.412 e. The second-order valence-electron chi connectivity index (χ2n) is 8.11. The van der Waals surface area contributed by atoms with Gasteiger partial charge in [0.1, 0.15) is 5.60 Å². The molecule has 2 N–H and O–H groups in total. The third kappa shape index (κ3) is 6.86. The average molecular weight is 379 g/mol. The molecule has 152 valence electrons. The molecule has 0 bridgehead atoms. The van der Waals surface area contributed by atoms with Crippen LogP contribution in [-0.2, 0) is 9.53 Å². The van der Waals surface area contributed by atoms with E-state index < -0.39 is 11.7 Å². The van der Waals surface area contributed by atoms with Gasteiger partial charge in [-0.25, -0.2) is 4.79 Å². The van der Waals surface area contributed by atoms with Gasteiger partial charge in [0, 0.05) is 11.4 Å². The van der Waals surface area contributed by atoms with Crippen LogP contribution in [0.4, 0.5) is 16.2 Å². The Balaban J connectivity index is 2.89. The number of rotatable bonds is 7. The minimum Gasteiger partial charge on any atom is -0.444 e. The van der Waals surface area contributed by atoms with Crippen LogP contribution < -0.4 is 10.6 Å². The first-order valence-corrected chi connectivity index (χ1v) is 9.71. The number of carbonyl (C=O) groups is 2. The monoisotopic (exact) mass is 378 g/mol. The normalized spacial score (nSPS) is 11.9. The Morgan fingerprint density at radius 3 is 1.85 bits per heavy atom. The largest absolute Gasteiger partial charge is 0.444 e. The van der Waals surface area contributed by atoms with E-state index in [1.165, 1.54) is 0 Å². The summed E-state index contributed by atoms with van der Waals surface area (Å²) in [5.74, 6) is 0.0135. The van der Waals surface area contributed by atoms with Crippen LogP contribution in [0.3, 0.4) is 0 Å². The lowest BCUT2D eigenvalue weighted by molar-refractivity contribution is -0.915. The molecule has 27 heavy (non-hydrogen) atoms. The van der Waals surface area contributed by atoms with Crippen LogP contribution >= 0.6 is 0 Å². The fourth-order valence-corrected chi connectivity index (χ4v) is 3.14. The summed E-state index contributed by atoms with van der Waals surface area (Å²) < 4.78 is 6.05. The molecule has 0 atom stereocenters. The highest BCUT2D eigenvalue weighted by Gasteiger charge is 2.25. The van der Waals surface area contributed by atoms with Gasteiger partial charge in [0.25, 0.3) is 5.91 Å². The van der Waals surface area contributed by atoms with Gasteiger partial charge in [0.2, 0.25) is 0 Å². The zero-order valence-corrected chi connectivity index (χ0v) is 18.2. The van der Waals surface area contributed by atoms with E-state index in [0.29, 0.717) is 12.2 Å². The molecule has 0 unspecified atom stereocenters. The third-order valence-electron chi connectivity index (χ3n) is 4.93. The minimum absolute atomic E-state index is 0.0135. The number of quaternary nitrogens is 1. The number of nitrogens with one attached hydrogen (secondary N) is 2. The van der Waals surface area contributed by atoms with Crippen molar-refractivity contribution < 1.29 is 18.8 Å². The van der Waals surface area contributed by atoms with E-state index >= 15 is 0 Å². The maximum atomic E-state index is 12.6. The molecule has 0 aliphatic carbocycles. The molecule has 1 aromatic rings. The van der Waals surface area contributed by atoms with Crippen LogP contribution in [-0.4, -0.2) is 48.3 Å². The molecule has 0 aliphatic heterocycles. The number of nitrogens with zero attached hydrogens (tertiary/aromatic N) is 1. The molecule has 0 heterocycles. The molecular weight excluding hydrogens is 342 g/mol. The molecule has 6 heteroatoms. The van der Waals surface area contributed by atoms with Crippen LogP contribution in [0, 0.1) is 13.8 Å². The fraction of sp³-hybridized carbons (Fsp3) is 0.619. The molecule has 0 aliphatic rings. The van der Waals surface area contributed by atoms with E-state index in [1.807, 2.05) is 46.8 Å². The molecule has 1 rings (SSSR count). The van der Waals surface area contributed by atoms with Crippen molar-refractivity contribution in [3.05, 3.63) is 23.3 Å². The molecule has 0 saturated carbocycles. The van der Waals surface area contributed by atoms with Crippen LogP contribution in [0.1, 0.15) is 52.7 Å². The number of amides is 2. The van der Waals surface area contributed by atoms with Gasteiger partial charge in [-0.05, 0) is 78.6 Å². The van der Waals surface area contributed by atoms with Crippen molar-refractivity contribution in [2.24, 2.45) is 0 Å². The average Bonchev–Trinajstić information content (AvgIpc) is 2.54. The molecule has 0 saturated heterocycles. The van der Waals surface area contributed by atoms with Gasteiger partial charge in [0.15, 0.2) is 6.54 Å². The Labute approximate surface area is 163 Å². The van der Waals surface area contributed by atoms with Crippen molar-refractivity contribution in [2.75, 3.05) is 36.8 Å². The Morgan fingerprint density at radius 2 is 1.44 bits per heavy atom. The Bertz CT molecular complexity index is 642. The van der Waals surface area contributed by atoms with E-state index in [2.05, 4.69) is 31.4 Å². The maximum Gasteiger partial charge on any atom is 0.412 e. The van der Waals surface area contributed by atoms with Crippen molar-refractivity contribution in [3.8, 4) is 0 Å². The molecule has 0 radical (unpaired) electrons. The minimum atomic E-state index is -0.551. The highest BCUT2D eigenvalue weighted by atomic mass is 16.6. The van der Waals surface area contributed by atoms with Crippen LogP contribution in [0.15, 0.2) is 12.1 Å². The lowest BCUT2D eigenvalue weighted by Crippen LogP contribution is -2.52. The molecule has 0 spiro atoms. The zero-order valence-electron chi connectivity index (χ0n) is 18.2. The van der Waals surface area contributed by atoms with E-state index in [-0.39, 0.29) is 5.91 Å². The van der Waals surface area contributed by atoms with Crippen LogP contribution in [0.25, 0.3) is 0 Å². The number of likely N-dealkylation sites (N-methyl/N-ethyl adjacent to an activating group) is 1.